The number of aryl methyl sites for hydroxylation is 2. The van der Waals surface area contributed by atoms with Gasteiger partial charge in [-0.05, 0) is 55.5 Å². The number of hydrogen-bond acceptors (Lipinski definition) is 5. The van der Waals surface area contributed by atoms with Crippen LogP contribution in [0.5, 0.6) is 11.5 Å². The van der Waals surface area contributed by atoms with Crippen molar-refractivity contribution in [1.29, 1.82) is 0 Å². The van der Waals surface area contributed by atoms with Gasteiger partial charge in [-0.1, -0.05) is 6.07 Å². The Balaban J connectivity index is 1.71. The number of nitro benzene ring substituents is 1. The molecule has 0 heterocycles. The molecule has 1 atom stereocenters. The van der Waals surface area contributed by atoms with Gasteiger partial charge in [0, 0.05) is 11.8 Å². The van der Waals surface area contributed by atoms with Crippen LogP contribution >= 0.6 is 0 Å². The fraction of sp³-hybridized carbons (Fsp3) is 0.316. The number of hydrogen-bond donors (Lipinski definition) is 1. The molecule has 7 heteroatoms. The summed E-state index contributed by atoms with van der Waals surface area (Å²) in [6.07, 6.45) is 2.39. The van der Waals surface area contributed by atoms with Crippen LogP contribution in [0.2, 0.25) is 0 Å². The molecule has 0 bridgehead atoms. The maximum atomic E-state index is 12.4. The Hall–Kier alpha value is -3.09. The fourth-order valence-electron chi connectivity index (χ4n) is 3.01. The highest BCUT2D eigenvalue weighted by Crippen LogP contribution is 2.32. The average molecular weight is 356 g/mol. The van der Waals surface area contributed by atoms with E-state index < -0.39 is 11.0 Å². The first-order valence-electron chi connectivity index (χ1n) is 8.39. The van der Waals surface area contributed by atoms with Crippen LogP contribution in [0.4, 0.5) is 11.4 Å². The molecule has 1 aliphatic rings. The van der Waals surface area contributed by atoms with Gasteiger partial charge in [0.15, 0.2) is 17.6 Å². The monoisotopic (exact) mass is 356 g/mol. The van der Waals surface area contributed by atoms with Crippen molar-refractivity contribution < 1.29 is 19.2 Å². The molecule has 26 heavy (non-hydrogen) atoms. The molecule has 2 aromatic carbocycles. The molecule has 0 radical (unpaired) electrons. The molecule has 3 rings (SSSR count). The van der Waals surface area contributed by atoms with E-state index >= 15 is 0 Å². The Kier molecular flexibility index (Phi) is 5.06. The third-order valence-electron chi connectivity index (χ3n) is 4.40. The summed E-state index contributed by atoms with van der Waals surface area (Å²) in [5, 5.41) is 13.8. The zero-order valence-electron chi connectivity index (χ0n) is 14.7. The van der Waals surface area contributed by atoms with Crippen LogP contribution in [0, 0.1) is 10.1 Å². The summed E-state index contributed by atoms with van der Waals surface area (Å²) in [6, 6.07) is 9.91. The smallest absolute Gasteiger partial charge is 0.273 e. The number of rotatable bonds is 6. The van der Waals surface area contributed by atoms with Gasteiger partial charge in [0.1, 0.15) is 0 Å². The first kappa shape index (κ1) is 17.7. The standard InChI is InChI=1S/C19H20N2O5/c1-12(26-18-11-16(21(23)24)8-9-17(18)25-2)19(22)20-15-7-6-13-4-3-5-14(13)10-15/h6-12H,3-5H2,1-2H3,(H,20,22)/t12-/m0/s1. The lowest BCUT2D eigenvalue weighted by atomic mass is 10.1. The van der Waals surface area contributed by atoms with Crippen molar-refractivity contribution in [1.82, 2.24) is 0 Å². The zero-order chi connectivity index (χ0) is 18.7. The third kappa shape index (κ3) is 3.77. The number of amides is 1. The lowest BCUT2D eigenvalue weighted by Crippen LogP contribution is -2.30. The zero-order valence-corrected chi connectivity index (χ0v) is 14.7. The van der Waals surface area contributed by atoms with Crippen LogP contribution in [0.25, 0.3) is 0 Å². The van der Waals surface area contributed by atoms with Crippen LogP contribution in [0.15, 0.2) is 36.4 Å². The van der Waals surface area contributed by atoms with E-state index in [1.54, 1.807) is 6.92 Å². The second-order valence-electron chi connectivity index (χ2n) is 6.18. The van der Waals surface area contributed by atoms with Crippen molar-refractivity contribution in [2.75, 3.05) is 12.4 Å². The van der Waals surface area contributed by atoms with Crippen LogP contribution in [-0.2, 0) is 17.6 Å². The number of ether oxygens (including phenoxy) is 2. The summed E-state index contributed by atoms with van der Waals surface area (Å²) >= 11 is 0. The Morgan fingerprint density at radius 2 is 1.92 bits per heavy atom. The normalized spacial score (nSPS) is 13.6. The molecule has 0 spiro atoms. The van der Waals surface area contributed by atoms with E-state index in [-0.39, 0.29) is 17.3 Å². The first-order valence-corrected chi connectivity index (χ1v) is 8.39. The number of nitro groups is 1. The van der Waals surface area contributed by atoms with Gasteiger partial charge in [-0.3, -0.25) is 14.9 Å². The Morgan fingerprint density at radius 3 is 2.65 bits per heavy atom. The van der Waals surface area contributed by atoms with Crippen LogP contribution in [0.3, 0.4) is 0 Å². The topological polar surface area (TPSA) is 90.7 Å². The fourth-order valence-corrected chi connectivity index (χ4v) is 3.01. The van der Waals surface area contributed by atoms with Crippen molar-refractivity contribution in [2.24, 2.45) is 0 Å². The van der Waals surface area contributed by atoms with Crippen molar-refractivity contribution in [3.8, 4) is 11.5 Å². The Labute approximate surface area is 151 Å². The highest BCUT2D eigenvalue weighted by atomic mass is 16.6. The number of nitrogens with zero attached hydrogens (tertiary/aromatic N) is 1. The number of non-ortho nitro benzene ring substituents is 1. The molecule has 1 N–H and O–H groups in total. The number of benzene rings is 2. The number of carbonyl (C=O) groups excluding carboxylic acids is 1. The SMILES string of the molecule is COc1ccc([N+](=O)[O-])cc1O[C@@H](C)C(=O)Nc1ccc2c(c1)CCC2. The molecule has 0 aliphatic heterocycles. The highest BCUT2D eigenvalue weighted by Gasteiger charge is 2.20. The van der Waals surface area contributed by atoms with E-state index in [0.717, 1.165) is 24.9 Å². The van der Waals surface area contributed by atoms with E-state index in [1.165, 1.54) is 36.4 Å². The van der Waals surface area contributed by atoms with Crippen molar-refractivity contribution >= 4 is 17.3 Å². The van der Waals surface area contributed by atoms with E-state index in [1.807, 2.05) is 18.2 Å². The molecule has 0 fully saturated rings. The predicted octanol–water partition coefficient (Wildman–Crippen LogP) is 3.50. The van der Waals surface area contributed by atoms with Crippen molar-refractivity contribution in [2.45, 2.75) is 32.3 Å². The largest absolute Gasteiger partial charge is 0.493 e. The van der Waals surface area contributed by atoms with Crippen molar-refractivity contribution in [3.63, 3.8) is 0 Å². The van der Waals surface area contributed by atoms with Gasteiger partial charge in [-0.25, -0.2) is 0 Å². The number of fused-ring (bicyclic) bond motifs is 1. The van der Waals surface area contributed by atoms with E-state index in [2.05, 4.69) is 5.32 Å². The number of methoxy groups -OCH3 is 1. The summed E-state index contributed by atoms with van der Waals surface area (Å²) < 4.78 is 10.8. The first-order chi connectivity index (χ1) is 12.5. The summed E-state index contributed by atoms with van der Waals surface area (Å²) in [5.74, 6) is 0.141. The molecule has 0 aromatic heterocycles. The van der Waals surface area contributed by atoms with Crippen LogP contribution < -0.4 is 14.8 Å². The quantitative estimate of drug-likeness (QED) is 0.632. The average Bonchev–Trinajstić information content (AvgIpc) is 3.09. The Bertz CT molecular complexity index is 850. The van der Waals surface area contributed by atoms with Crippen molar-refractivity contribution in [3.05, 3.63) is 57.6 Å². The molecule has 7 nitrogen and oxygen atoms in total. The molecule has 0 saturated carbocycles. The summed E-state index contributed by atoms with van der Waals surface area (Å²) in [5.41, 5.74) is 3.18. The van der Waals surface area contributed by atoms with E-state index in [9.17, 15) is 14.9 Å². The minimum Gasteiger partial charge on any atom is -0.493 e. The second-order valence-corrected chi connectivity index (χ2v) is 6.18. The maximum absolute atomic E-state index is 12.4. The minimum atomic E-state index is -0.848. The maximum Gasteiger partial charge on any atom is 0.273 e. The van der Waals surface area contributed by atoms with Gasteiger partial charge in [0.05, 0.1) is 18.1 Å². The molecule has 0 unspecified atom stereocenters. The van der Waals surface area contributed by atoms with Gasteiger partial charge >= 0.3 is 0 Å². The lowest BCUT2D eigenvalue weighted by Gasteiger charge is -2.17. The summed E-state index contributed by atoms with van der Waals surface area (Å²) in [7, 11) is 1.43. The summed E-state index contributed by atoms with van der Waals surface area (Å²) in [4.78, 5) is 22.8. The predicted molar refractivity (Wildman–Crippen MR) is 96.8 cm³/mol. The number of carbonyl (C=O) groups is 1. The molecule has 2 aromatic rings. The number of anilines is 1. The van der Waals surface area contributed by atoms with E-state index in [4.69, 9.17) is 9.47 Å². The van der Waals surface area contributed by atoms with E-state index in [0.29, 0.717) is 5.75 Å². The highest BCUT2D eigenvalue weighted by molar-refractivity contribution is 5.94. The molecular weight excluding hydrogens is 336 g/mol. The van der Waals surface area contributed by atoms with Gasteiger partial charge in [0.2, 0.25) is 0 Å². The number of nitrogens with one attached hydrogen (secondary N) is 1. The Morgan fingerprint density at radius 1 is 1.15 bits per heavy atom. The van der Waals surface area contributed by atoms with Crippen LogP contribution in [0.1, 0.15) is 24.5 Å². The molecule has 136 valence electrons. The molecule has 1 amide bonds. The second kappa shape index (κ2) is 7.43. The van der Waals surface area contributed by atoms with Crippen LogP contribution in [-0.4, -0.2) is 24.0 Å². The minimum absolute atomic E-state index is 0.132. The lowest BCUT2D eigenvalue weighted by molar-refractivity contribution is -0.385. The van der Waals surface area contributed by atoms with Gasteiger partial charge in [-0.2, -0.15) is 0 Å². The summed E-state index contributed by atoms with van der Waals surface area (Å²) in [6.45, 7) is 1.58. The van der Waals surface area contributed by atoms with Gasteiger partial charge in [0.25, 0.3) is 11.6 Å². The molecular formula is C19H20N2O5. The third-order valence-corrected chi connectivity index (χ3v) is 4.40. The van der Waals surface area contributed by atoms with Gasteiger partial charge < -0.3 is 14.8 Å². The molecule has 0 saturated heterocycles. The molecule has 1 aliphatic carbocycles. The van der Waals surface area contributed by atoms with Gasteiger partial charge in [-0.15, -0.1) is 0 Å².